The molecule has 5 heteroatoms. The van der Waals surface area contributed by atoms with Crippen molar-refractivity contribution in [3.8, 4) is 6.07 Å². The molecule has 0 saturated heterocycles. The zero-order valence-electron chi connectivity index (χ0n) is 12.6. The number of fused-ring (bicyclic) bond motifs is 1. The maximum absolute atomic E-state index is 12.3. The second kappa shape index (κ2) is 5.74. The Morgan fingerprint density at radius 3 is 2.76 bits per heavy atom. The Balaban J connectivity index is 2.26. The number of hydrogen-bond donors (Lipinski definition) is 1. The van der Waals surface area contributed by atoms with Gasteiger partial charge in [0.15, 0.2) is 0 Å². The fourth-order valence-corrected chi connectivity index (χ4v) is 2.42. The van der Waals surface area contributed by atoms with Gasteiger partial charge in [-0.15, -0.1) is 0 Å². The zero-order valence-corrected chi connectivity index (χ0v) is 12.6. The molecule has 21 heavy (non-hydrogen) atoms. The number of aliphatic hydroxyl groups excluding tert-OH is 1. The van der Waals surface area contributed by atoms with Gasteiger partial charge in [0.05, 0.1) is 24.3 Å². The van der Waals surface area contributed by atoms with E-state index in [1.807, 2.05) is 26.8 Å². The third-order valence-electron chi connectivity index (χ3n) is 3.41. The van der Waals surface area contributed by atoms with E-state index in [0.717, 1.165) is 11.1 Å². The summed E-state index contributed by atoms with van der Waals surface area (Å²) in [6, 6.07) is 7.25. The molecule has 1 atom stereocenters. The third kappa shape index (κ3) is 3.53. The summed E-state index contributed by atoms with van der Waals surface area (Å²) in [5.41, 5.74) is 1.99. The van der Waals surface area contributed by atoms with Gasteiger partial charge in [-0.1, -0.05) is 6.07 Å². The van der Waals surface area contributed by atoms with Gasteiger partial charge in [0, 0.05) is 6.54 Å². The maximum Gasteiger partial charge on any atom is 0.410 e. The van der Waals surface area contributed by atoms with Crippen LogP contribution >= 0.6 is 0 Å². The lowest BCUT2D eigenvalue weighted by molar-refractivity contribution is 0.00461. The average Bonchev–Trinajstić information content (AvgIpc) is 2.43. The summed E-state index contributed by atoms with van der Waals surface area (Å²) in [6.07, 6.45) is 0.131. The van der Waals surface area contributed by atoms with E-state index in [0.29, 0.717) is 18.5 Å². The van der Waals surface area contributed by atoms with E-state index in [2.05, 4.69) is 6.07 Å². The summed E-state index contributed by atoms with van der Waals surface area (Å²) in [5.74, 6) is 0. The number of nitrogens with zero attached hydrogens (tertiary/aromatic N) is 2. The van der Waals surface area contributed by atoms with Crippen LogP contribution in [-0.4, -0.2) is 34.3 Å². The summed E-state index contributed by atoms with van der Waals surface area (Å²) in [4.78, 5) is 13.8. The Kier molecular flexibility index (Phi) is 4.19. The molecule has 2 rings (SSSR count). The van der Waals surface area contributed by atoms with Crippen molar-refractivity contribution in [1.82, 2.24) is 4.90 Å². The van der Waals surface area contributed by atoms with Crippen LogP contribution in [0.25, 0.3) is 0 Å². The molecule has 0 aliphatic carbocycles. The minimum Gasteiger partial charge on any atom is -0.444 e. The van der Waals surface area contributed by atoms with Gasteiger partial charge in [0.1, 0.15) is 5.60 Å². The first-order valence-electron chi connectivity index (χ1n) is 6.96. The van der Waals surface area contributed by atoms with Crippen LogP contribution in [0.1, 0.15) is 37.5 Å². The lowest BCUT2D eigenvalue weighted by Gasteiger charge is -2.37. The first-order chi connectivity index (χ1) is 9.84. The van der Waals surface area contributed by atoms with Crippen LogP contribution in [0.2, 0.25) is 0 Å². The van der Waals surface area contributed by atoms with E-state index in [1.165, 1.54) is 4.90 Å². The molecule has 1 heterocycles. The molecule has 112 valence electrons. The van der Waals surface area contributed by atoms with Crippen molar-refractivity contribution in [3.05, 3.63) is 34.9 Å². The molecular formula is C16H20N2O3. The molecule has 0 fully saturated rings. The third-order valence-corrected chi connectivity index (χ3v) is 3.41. The van der Waals surface area contributed by atoms with E-state index in [9.17, 15) is 9.90 Å². The Bertz CT molecular complexity index is 584. The highest BCUT2D eigenvalue weighted by Gasteiger charge is 2.32. The number of nitriles is 1. The van der Waals surface area contributed by atoms with Crippen molar-refractivity contribution < 1.29 is 14.6 Å². The van der Waals surface area contributed by atoms with Crippen LogP contribution < -0.4 is 0 Å². The van der Waals surface area contributed by atoms with E-state index < -0.39 is 11.7 Å². The number of carbonyl (C=O) groups excluding carboxylic acids is 1. The summed E-state index contributed by atoms with van der Waals surface area (Å²) in [5, 5.41) is 18.5. The molecule has 1 aliphatic heterocycles. The lowest BCUT2D eigenvalue weighted by Crippen LogP contribution is -2.48. The summed E-state index contributed by atoms with van der Waals surface area (Å²) >= 11 is 0. The molecule has 1 aromatic carbocycles. The molecular weight excluding hydrogens is 268 g/mol. The topological polar surface area (TPSA) is 73.6 Å². The standard InChI is InChI=1S/C16H20N2O3/c1-16(2,3)21-15(20)18-9-13-6-11(8-17)4-5-12(13)7-14(18)10-19/h4-6,14,19H,7,9-10H2,1-3H3/t14-/m0/s1. The molecule has 0 unspecified atom stereocenters. The maximum atomic E-state index is 12.3. The predicted octanol–water partition coefficient (Wildman–Crippen LogP) is 2.21. The molecule has 1 aliphatic rings. The minimum atomic E-state index is -0.578. The summed E-state index contributed by atoms with van der Waals surface area (Å²) in [7, 11) is 0. The number of rotatable bonds is 1. The first kappa shape index (κ1) is 15.3. The normalized spacial score (nSPS) is 17.9. The number of hydrogen-bond acceptors (Lipinski definition) is 4. The van der Waals surface area contributed by atoms with Gasteiger partial charge in [-0.2, -0.15) is 5.26 Å². The van der Waals surface area contributed by atoms with E-state index >= 15 is 0 Å². The number of carbonyl (C=O) groups is 1. The molecule has 0 spiro atoms. The fourth-order valence-electron chi connectivity index (χ4n) is 2.42. The van der Waals surface area contributed by atoms with Crippen molar-refractivity contribution in [2.24, 2.45) is 0 Å². The van der Waals surface area contributed by atoms with Gasteiger partial charge in [0.25, 0.3) is 0 Å². The highest BCUT2D eigenvalue weighted by Crippen LogP contribution is 2.26. The summed E-state index contributed by atoms with van der Waals surface area (Å²) in [6.45, 7) is 5.67. The first-order valence-corrected chi connectivity index (χ1v) is 6.96. The Hall–Kier alpha value is -2.06. The molecule has 1 N–H and O–H groups in total. The van der Waals surface area contributed by atoms with E-state index in [-0.39, 0.29) is 12.6 Å². The smallest absolute Gasteiger partial charge is 0.410 e. The molecule has 0 aromatic heterocycles. The lowest BCUT2D eigenvalue weighted by atomic mass is 9.93. The fraction of sp³-hybridized carbons (Fsp3) is 0.500. The van der Waals surface area contributed by atoms with Gasteiger partial charge in [-0.25, -0.2) is 4.79 Å². The van der Waals surface area contributed by atoms with Crippen LogP contribution in [-0.2, 0) is 17.7 Å². The van der Waals surface area contributed by atoms with Crippen molar-refractivity contribution in [2.45, 2.75) is 45.4 Å². The molecule has 0 bridgehead atoms. The van der Waals surface area contributed by atoms with Crippen LogP contribution in [0, 0.1) is 11.3 Å². The Morgan fingerprint density at radius 2 is 2.19 bits per heavy atom. The van der Waals surface area contributed by atoms with Crippen LogP contribution in [0.15, 0.2) is 18.2 Å². The molecule has 1 amide bonds. The van der Waals surface area contributed by atoms with E-state index in [4.69, 9.17) is 10.00 Å². The number of benzene rings is 1. The van der Waals surface area contributed by atoms with Gasteiger partial charge in [-0.3, -0.25) is 4.90 Å². The Labute approximate surface area is 124 Å². The molecule has 0 radical (unpaired) electrons. The van der Waals surface area contributed by atoms with Crippen LogP contribution in [0.4, 0.5) is 4.79 Å². The number of ether oxygens (including phenoxy) is 1. The van der Waals surface area contributed by atoms with Gasteiger partial charge >= 0.3 is 6.09 Å². The second-order valence-corrected chi connectivity index (χ2v) is 6.24. The van der Waals surface area contributed by atoms with Crippen LogP contribution in [0.3, 0.4) is 0 Å². The highest BCUT2D eigenvalue weighted by molar-refractivity contribution is 5.69. The van der Waals surface area contributed by atoms with Gasteiger partial charge < -0.3 is 9.84 Å². The monoisotopic (exact) mass is 288 g/mol. The van der Waals surface area contributed by atoms with Crippen molar-refractivity contribution in [1.29, 1.82) is 5.26 Å². The van der Waals surface area contributed by atoms with Crippen molar-refractivity contribution >= 4 is 6.09 Å². The SMILES string of the molecule is CC(C)(C)OC(=O)N1Cc2cc(C#N)ccc2C[C@H]1CO. The highest BCUT2D eigenvalue weighted by atomic mass is 16.6. The Morgan fingerprint density at radius 1 is 1.48 bits per heavy atom. The van der Waals surface area contributed by atoms with Gasteiger partial charge in [0.2, 0.25) is 0 Å². The van der Waals surface area contributed by atoms with Crippen molar-refractivity contribution in [3.63, 3.8) is 0 Å². The molecule has 0 saturated carbocycles. The number of amides is 1. The van der Waals surface area contributed by atoms with Crippen LogP contribution in [0.5, 0.6) is 0 Å². The van der Waals surface area contributed by atoms with Crippen molar-refractivity contribution in [2.75, 3.05) is 6.61 Å². The number of aliphatic hydroxyl groups is 1. The van der Waals surface area contributed by atoms with Gasteiger partial charge in [-0.05, 0) is 50.5 Å². The van der Waals surface area contributed by atoms with E-state index in [1.54, 1.807) is 12.1 Å². The zero-order chi connectivity index (χ0) is 15.6. The average molecular weight is 288 g/mol. The molecule has 1 aromatic rings. The predicted molar refractivity (Wildman–Crippen MR) is 77.5 cm³/mol. The second-order valence-electron chi connectivity index (χ2n) is 6.24. The summed E-state index contributed by atoms with van der Waals surface area (Å²) < 4.78 is 5.39. The minimum absolute atomic E-state index is 0.112. The largest absolute Gasteiger partial charge is 0.444 e. The molecule has 5 nitrogen and oxygen atoms in total. The quantitative estimate of drug-likeness (QED) is 0.860.